The van der Waals surface area contributed by atoms with Gasteiger partial charge in [-0.05, 0) is 12.8 Å². The molecule has 0 aliphatic rings. The molecule has 0 bridgehead atoms. The van der Waals surface area contributed by atoms with Crippen LogP contribution in [0.15, 0.2) is 24.3 Å². The number of ether oxygens (including phenoxy) is 1. The zero-order valence-electron chi connectivity index (χ0n) is 14.1. The second kappa shape index (κ2) is 17.0. The molecule has 0 rings (SSSR count). The minimum atomic E-state index is -0.297. The third-order valence-electron chi connectivity index (χ3n) is 3.66. The van der Waals surface area contributed by atoms with Crippen molar-refractivity contribution in [3.63, 3.8) is 0 Å². The van der Waals surface area contributed by atoms with Gasteiger partial charge in [0.25, 0.3) is 0 Å². The molecule has 0 heterocycles. The first-order valence-electron chi connectivity index (χ1n) is 8.72. The lowest BCUT2D eigenvalue weighted by atomic mass is 10.1. The van der Waals surface area contributed by atoms with E-state index in [1.807, 2.05) is 6.08 Å². The number of hydrogen-bond donors (Lipinski definition) is 0. The highest BCUT2D eigenvalue weighted by atomic mass is 16.5. The number of esters is 1. The quantitative estimate of drug-likeness (QED) is 0.171. The first-order valence-corrected chi connectivity index (χ1v) is 8.72. The molecule has 0 aromatic rings. The summed E-state index contributed by atoms with van der Waals surface area (Å²) in [7, 11) is 1.39. The van der Waals surface area contributed by atoms with Crippen molar-refractivity contribution in [1.82, 2.24) is 0 Å². The molecule has 0 N–H and O–H groups in total. The Bertz CT molecular complexity index is 279. The fourth-order valence-electron chi connectivity index (χ4n) is 2.30. The van der Waals surface area contributed by atoms with Gasteiger partial charge in [0.15, 0.2) is 0 Å². The average molecular weight is 294 g/mol. The van der Waals surface area contributed by atoms with Crippen molar-refractivity contribution >= 4 is 5.97 Å². The van der Waals surface area contributed by atoms with E-state index in [-0.39, 0.29) is 5.97 Å². The van der Waals surface area contributed by atoms with Crippen LogP contribution in [0.25, 0.3) is 0 Å². The molecule has 2 heteroatoms. The van der Waals surface area contributed by atoms with Gasteiger partial charge in [-0.25, -0.2) is 4.79 Å². The monoisotopic (exact) mass is 294 g/mol. The van der Waals surface area contributed by atoms with Gasteiger partial charge in [0, 0.05) is 6.08 Å². The molecular formula is C19H34O2. The van der Waals surface area contributed by atoms with Gasteiger partial charge < -0.3 is 4.74 Å². The SMILES string of the molecule is CCCCCCCCCCCCCC=CC=CC(=O)OC. The van der Waals surface area contributed by atoms with Crippen molar-refractivity contribution in [3.05, 3.63) is 24.3 Å². The van der Waals surface area contributed by atoms with Crippen LogP contribution in [0.1, 0.15) is 84.0 Å². The van der Waals surface area contributed by atoms with E-state index in [1.165, 1.54) is 83.8 Å². The van der Waals surface area contributed by atoms with Crippen LogP contribution < -0.4 is 0 Å². The van der Waals surface area contributed by atoms with Gasteiger partial charge in [0.2, 0.25) is 0 Å². The Balaban J connectivity index is 3.17. The first kappa shape index (κ1) is 19.9. The molecule has 0 atom stereocenters. The molecule has 2 nitrogen and oxygen atoms in total. The fraction of sp³-hybridized carbons (Fsp3) is 0.737. The van der Waals surface area contributed by atoms with Crippen molar-refractivity contribution in [1.29, 1.82) is 0 Å². The lowest BCUT2D eigenvalue weighted by Crippen LogP contribution is -1.92. The molecule has 0 amide bonds. The number of carbonyl (C=O) groups excluding carboxylic acids is 1. The highest BCUT2D eigenvalue weighted by molar-refractivity contribution is 5.82. The lowest BCUT2D eigenvalue weighted by Gasteiger charge is -2.01. The Hall–Kier alpha value is -1.05. The second-order valence-electron chi connectivity index (χ2n) is 5.63. The highest BCUT2D eigenvalue weighted by Crippen LogP contribution is 2.11. The molecule has 0 aliphatic carbocycles. The van der Waals surface area contributed by atoms with E-state index in [2.05, 4.69) is 17.7 Å². The van der Waals surface area contributed by atoms with Crippen LogP contribution in [0, 0.1) is 0 Å². The number of rotatable bonds is 14. The molecule has 0 aromatic carbocycles. The molecule has 0 fully saturated rings. The van der Waals surface area contributed by atoms with Gasteiger partial charge in [-0.3, -0.25) is 0 Å². The summed E-state index contributed by atoms with van der Waals surface area (Å²) in [4.78, 5) is 10.8. The van der Waals surface area contributed by atoms with Gasteiger partial charge in [0.1, 0.15) is 0 Å². The van der Waals surface area contributed by atoms with Gasteiger partial charge in [-0.15, -0.1) is 0 Å². The Morgan fingerprint density at radius 1 is 0.810 bits per heavy atom. The number of unbranched alkanes of at least 4 members (excludes halogenated alkanes) is 11. The lowest BCUT2D eigenvalue weighted by molar-refractivity contribution is -0.134. The summed E-state index contributed by atoms with van der Waals surface area (Å²) in [6.45, 7) is 2.27. The Kier molecular flexibility index (Phi) is 16.2. The van der Waals surface area contributed by atoms with Gasteiger partial charge >= 0.3 is 5.97 Å². The minimum absolute atomic E-state index is 0.297. The smallest absolute Gasteiger partial charge is 0.330 e. The number of carbonyl (C=O) groups is 1. The number of hydrogen-bond acceptors (Lipinski definition) is 2. The summed E-state index contributed by atoms with van der Waals surface area (Å²) in [6.07, 6.45) is 23.5. The van der Waals surface area contributed by atoms with Crippen molar-refractivity contribution < 1.29 is 9.53 Å². The Morgan fingerprint density at radius 2 is 1.33 bits per heavy atom. The summed E-state index contributed by atoms with van der Waals surface area (Å²) in [5.74, 6) is -0.297. The normalized spacial score (nSPS) is 11.5. The summed E-state index contributed by atoms with van der Waals surface area (Å²) in [6, 6.07) is 0. The number of allylic oxidation sites excluding steroid dienone is 3. The van der Waals surface area contributed by atoms with E-state index < -0.39 is 0 Å². The molecule has 0 saturated carbocycles. The molecule has 0 aromatic heterocycles. The van der Waals surface area contributed by atoms with Crippen LogP contribution in [-0.4, -0.2) is 13.1 Å². The Morgan fingerprint density at radius 3 is 1.86 bits per heavy atom. The number of methoxy groups -OCH3 is 1. The molecule has 0 radical (unpaired) electrons. The maximum Gasteiger partial charge on any atom is 0.330 e. The predicted molar refractivity (Wildman–Crippen MR) is 91.4 cm³/mol. The van der Waals surface area contributed by atoms with Crippen LogP contribution in [0.4, 0.5) is 0 Å². The van der Waals surface area contributed by atoms with Crippen LogP contribution in [0.5, 0.6) is 0 Å². The maximum absolute atomic E-state index is 10.8. The fourth-order valence-corrected chi connectivity index (χ4v) is 2.30. The second-order valence-corrected chi connectivity index (χ2v) is 5.63. The molecule has 21 heavy (non-hydrogen) atoms. The summed E-state index contributed by atoms with van der Waals surface area (Å²) >= 11 is 0. The standard InChI is InChI=1S/C19H34O2/c1-3-4-5-6-7-8-9-10-11-12-13-14-15-16-17-18-19(20)21-2/h15-18H,3-14H2,1-2H3. The van der Waals surface area contributed by atoms with E-state index >= 15 is 0 Å². The Labute approximate surface area is 131 Å². The van der Waals surface area contributed by atoms with Crippen LogP contribution >= 0.6 is 0 Å². The maximum atomic E-state index is 10.8. The summed E-state index contributed by atoms with van der Waals surface area (Å²) in [5.41, 5.74) is 0. The molecular weight excluding hydrogens is 260 g/mol. The zero-order valence-corrected chi connectivity index (χ0v) is 14.1. The third-order valence-corrected chi connectivity index (χ3v) is 3.66. The van der Waals surface area contributed by atoms with Crippen molar-refractivity contribution in [2.24, 2.45) is 0 Å². The topological polar surface area (TPSA) is 26.3 Å². The zero-order chi connectivity index (χ0) is 15.6. The van der Waals surface area contributed by atoms with Crippen LogP contribution in [0.3, 0.4) is 0 Å². The van der Waals surface area contributed by atoms with E-state index in [0.717, 1.165) is 6.42 Å². The van der Waals surface area contributed by atoms with Crippen molar-refractivity contribution in [2.45, 2.75) is 84.0 Å². The van der Waals surface area contributed by atoms with E-state index in [0.29, 0.717) is 0 Å². The molecule has 0 saturated heterocycles. The van der Waals surface area contributed by atoms with E-state index in [1.54, 1.807) is 6.08 Å². The van der Waals surface area contributed by atoms with Crippen molar-refractivity contribution in [3.8, 4) is 0 Å². The summed E-state index contributed by atoms with van der Waals surface area (Å²) < 4.78 is 4.51. The highest BCUT2D eigenvalue weighted by Gasteiger charge is 1.92. The van der Waals surface area contributed by atoms with Gasteiger partial charge in [-0.1, -0.05) is 89.4 Å². The molecule has 0 spiro atoms. The summed E-state index contributed by atoms with van der Waals surface area (Å²) in [5, 5.41) is 0. The van der Waals surface area contributed by atoms with E-state index in [9.17, 15) is 4.79 Å². The molecule has 0 aliphatic heterocycles. The first-order chi connectivity index (χ1) is 10.3. The minimum Gasteiger partial charge on any atom is -0.466 e. The van der Waals surface area contributed by atoms with Crippen molar-refractivity contribution in [2.75, 3.05) is 7.11 Å². The predicted octanol–water partition coefficient (Wildman–Crippen LogP) is 5.97. The third kappa shape index (κ3) is 16.9. The average Bonchev–Trinajstić information content (AvgIpc) is 2.50. The van der Waals surface area contributed by atoms with E-state index in [4.69, 9.17) is 0 Å². The van der Waals surface area contributed by atoms with Crippen LogP contribution in [-0.2, 0) is 9.53 Å². The molecule has 122 valence electrons. The molecule has 0 unspecified atom stereocenters. The largest absolute Gasteiger partial charge is 0.466 e. The van der Waals surface area contributed by atoms with Crippen LogP contribution in [0.2, 0.25) is 0 Å². The van der Waals surface area contributed by atoms with Gasteiger partial charge in [0.05, 0.1) is 7.11 Å². The van der Waals surface area contributed by atoms with Gasteiger partial charge in [-0.2, -0.15) is 0 Å².